The van der Waals surface area contributed by atoms with Gasteiger partial charge in [0.2, 0.25) is 5.91 Å². The fourth-order valence-corrected chi connectivity index (χ4v) is 2.87. The lowest BCUT2D eigenvalue weighted by atomic mass is 9.89. The van der Waals surface area contributed by atoms with Gasteiger partial charge >= 0.3 is 0 Å². The summed E-state index contributed by atoms with van der Waals surface area (Å²) in [6, 6.07) is 7.63. The van der Waals surface area contributed by atoms with Gasteiger partial charge in [0.1, 0.15) is 5.75 Å². The van der Waals surface area contributed by atoms with Crippen LogP contribution in [-0.4, -0.2) is 24.9 Å². The van der Waals surface area contributed by atoms with E-state index < -0.39 is 0 Å². The normalized spacial score (nSPS) is 22.3. The summed E-state index contributed by atoms with van der Waals surface area (Å²) < 4.78 is 5.16. The summed E-state index contributed by atoms with van der Waals surface area (Å²) in [5, 5.41) is 3.36. The van der Waals surface area contributed by atoms with Crippen LogP contribution in [0.15, 0.2) is 24.3 Å². The third kappa shape index (κ3) is 4.71. The second-order valence-electron chi connectivity index (χ2n) is 5.45. The minimum atomic E-state index is 0.0752. The Morgan fingerprint density at radius 3 is 2.80 bits per heavy atom. The number of benzene rings is 1. The van der Waals surface area contributed by atoms with E-state index in [1.807, 2.05) is 24.3 Å². The average molecular weight is 296 g/mol. The van der Waals surface area contributed by atoms with E-state index in [2.05, 4.69) is 5.32 Å². The molecule has 0 aromatic heterocycles. The van der Waals surface area contributed by atoms with Gasteiger partial charge in [0.05, 0.1) is 13.5 Å². The maximum absolute atomic E-state index is 11.9. The minimum Gasteiger partial charge on any atom is -0.497 e. The highest BCUT2D eigenvalue weighted by Gasteiger charge is 2.19. The molecule has 1 amide bonds. The number of nitrogens with one attached hydrogen (secondary N) is 1. The van der Waals surface area contributed by atoms with Crippen molar-refractivity contribution in [2.45, 2.75) is 37.5 Å². The molecule has 1 aliphatic rings. The summed E-state index contributed by atoms with van der Waals surface area (Å²) in [6.07, 6.45) is 4.78. The van der Waals surface area contributed by atoms with Crippen molar-refractivity contribution < 1.29 is 9.53 Å². The van der Waals surface area contributed by atoms with E-state index in [0.717, 1.165) is 43.5 Å². The van der Waals surface area contributed by atoms with E-state index in [4.69, 9.17) is 16.3 Å². The number of hydrogen-bond donors (Lipinski definition) is 1. The number of carbonyl (C=O) groups excluding carboxylic acids is 1. The van der Waals surface area contributed by atoms with Crippen molar-refractivity contribution in [3.63, 3.8) is 0 Å². The number of carbonyl (C=O) groups is 1. The zero-order chi connectivity index (χ0) is 14.4. The Morgan fingerprint density at radius 2 is 2.10 bits per heavy atom. The van der Waals surface area contributed by atoms with Crippen LogP contribution in [0.4, 0.5) is 0 Å². The first-order valence-corrected chi connectivity index (χ1v) is 7.64. The van der Waals surface area contributed by atoms with Crippen molar-refractivity contribution >= 4 is 17.5 Å². The van der Waals surface area contributed by atoms with Gasteiger partial charge in [0.25, 0.3) is 0 Å². The van der Waals surface area contributed by atoms with Crippen molar-refractivity contribution in [1.29, 1.82) is 0 Å². The van der Waals surface area contributed by atoms with Crippen molar-refractivity contribution in [1.82, 2.24) is 5.32 Å². The van der Waals surface area contributed by atoms with Gasteiger partial charge in [-0.25, -0.2) is 0 Å². The Kier molecular flexibility index (Phi) is 5.72. The molecule has 1 fully saturated rings. The fourth-order valence-electron chi connectivity index (χ4n) is 2.61. The maximum atomic E-state index is 11.9. The minimum absolute atomic E-state index is 0.0752. The highest BCUT2D eigenvalue weighted by atomic mass is 35.5. The van der Waals surface area contributed by atoms with Crippen LogP contribution in [0.2, 0.25) is 0 Å². The molecule has 0 unspecified atom stereocenters. The molecule has 1 aromatic rings. The maximum Gasteiger partial charge on any atom is 0.224 e. The summed E-state index contributed by atoms with van der Waals surface area (Å²) in [6.45, 7) is 0.770. The quantitative estimate of drug-likeness (QED) is 0.848. The van der Waals surface area contributed by atoms with Crippen LogP contribution in [0.25, 0.3) is 0 Å². The molecule has 20 heavy (non-hydrogen) atoms. The Hall–Kier alpha value is -1.22. The number of alkyl halides is 1. The first kappa shape index (κ1) is 15.2. The van der Waals surface area contributed by atoms with Gasteiger partial charge < -0.3 is 10.1 Å². The van der Waals surface area contributed by atoms with Gasteiger partial charge in [0.15, 0.2) is 0 Å². The Balaban J connectivity index is 1.74. The topological polar surface area (TPSA) is 38.3 Å². The van der Waals surface area contributed by atoms with Crippen LogP contribution in [0, 0.1) is 5.92 Å². The lowest BCUT2D eigenvalue weighted by molar-refractivity contribution is -0.120. The zero-order valence-corrected chi connectivity index (χ0v) is 12.7. The van der Waals surface area contributed by atoms with E-state index in [-0.39, 0.29) is 5.91 Å². The van der Waals surface area contributed by atoms with Gasteiger partial charge in [0, 0.05) is 11.9 Å². The van der Waals surface area contributed by atoms with E-state index >= 15 is 0 Å². The summed E-state index contributed by atoms with van der Waals surface area (Å²) in [5.74, 6) is 1.45. The molecule has 0 aliphatic heterocycles. The van der Waals surface area contributed by atoms with Crippen LogP contribution >= 0.6 is 11.6 Å². The van der Waals surface area contributed by atoms with Gasteiger partial charge in [-0.05, 0) is 49.3 Å². The lowest BCUT2D eigenvalue weighted by Crippen LogP contribution is -2.32. The molecule has 1 N–H and O–H groups in total. The molecule has 3 nitrogen and oxygen atoms in total. The van der Waals surface area contributed by atoms with Gasteiger partial charge in [-0.2, -0.15) is 0 Å². The molecule has 0 saturated heterocycles. The smallest absolute Gasteiger partial charge is 0.224 e. The number of halogens is 1. The van der Waals surface area contributed by atoms with Gasteiger partial charge in [-0.3, -0.25) is 4.79 Å². The van der Waals surface area contributed by atoms with E-state index in [0.29, 0.717) is 17.7 Å². The second kappa shape index (κ2) is 7.53. The van der Waals surface area contributed by atoms with Gasteiger partial charge in [-0.15, -0.1) is 11.6 Å². The van der Waals surface area contributed by atoms with E-state index in [9.17, 15) is 4.79 Å². The fraction of sp³-hybridized carbons (Fsp3) is 0.562. The van der Waals surface area contributed by atoms with Crippen LogP contribution in [-0.2, 0) is 11.2 Å². The van der Waals surface area contributed by atoms with Gasteiger partial charge in [-0.1, -0.05) is 12.1 Å². The molecule has 1 aromatic carbocycles. The third-order valence-corrected chi connectivity index (χ3v) is 4.30. The van der Waals surface area contributed by atoms with Crippen LogP contribution in [0.5, 0.6) is 5.75 Å². The molecule has 1 aliphatic carbocycles. The number of methoxy groups -OCH3 is 1. The molecule has 0 radical (unpaired) electrons. The van der Waals surface area contributed by atoms with Crippen molar-refractivity contribution in [2.75, 3.05) is 13.7 Å². The second-order valence-corrected chi connectivity index (χ2v) is 6.07. The molecule has 0 bridgehead atoms. The monoisotopic (exact) mass is 295 g/mol. The lowest BCUT2D eigenvalue weighted by Gasteiger charge is -2.25. The molecule has 110 valence electrons. The summed E-state index contributed by atoms with van der Waals surface area (Å²) >= 11 is 6.08. The first-order chi connectivity index (χ1) is 9.67. The summed E-state index contributed by atoms with van der Waals surface area (Å²) in [7, 11) is 1.63. The zero-order valence-electron chi connectivity index (χ0n) is 11.9. The Morgan fingerprint density at radius 1 is 1.35 bits per heavy atom. The largest absolute Gasteiger partial charge is 0.497 e. The highest BCUT2D eigenvalue weighted by molar-refractivity contribution is 6.20. The summed E-state index contributed by atoms with van der Waals surface area (Å²) in [4.78, 5) is 11.9. The predicted molar refractivity (Wildman–Crippen MR) is 81.3 cm³/mol. The average Bonchev–Trinajstić information content (AvgIpc) is 2.47. The third-order valence-electron chi connectivity index (χ3n) is 3.86. The SMILES string of the molecule is COc1cccc(CC(=O)NCC2CCC(Cl)CC2)c1. The van der Waals surface area contributed by atoms with E-state index in [1.54, 1.807) is 7.11 Å². The molecular formula is C16H22ClNO2. The number of rotatable bonds is 5. The molecule has 1 saturated carbocycles. The Labute approximate surface area is 125 Å². The number of amides is 1. The van der Waals surface area contributed by atoms with Crippen molar-refractivity contribution in [3.05, 3.63) is 29.8 Å². The molecule has 4 heteroatoms. The van der Waals surface area contributed by atoms with Crippen molar-refractivity contribution in [2.24, 2.45) is 5.92 Å². The molecular weight excluding hydrogens is 274 g/mol. The van der Waals surface area contributed by atoms with Crippen LogP contribution in [0.3, 0.4) is 0 Å². The molecule has 0 heterocycles. The number of ether oxygens (including phenoxy) is 1. The van der Waals surface area contributed by atoms with Crippen LogP contribution in [0.1, 0.15) is 31.2 Å². The predicted octanol–water partition coefficient (Wildman–Crippen LogP) is 3.15. The standard InChI is InChI=1S/C16H22ClNO2/c1-20-15-4-2-3-13(9-15)10-16(19)18-11-12-5-7-14(17)8-6-12/h2-4,9,12,14H,5-8,10-11H2,1H3,(H,18,19). The summed E-state index contributed by atoms with van der Waals surface area (Å²) in [5.41, 5.74) is 0.978. The molecule has 0 atom stereocenters. The van der Waals surface area contributed by atoms with Crippen molar-refractivity contribution in [3.8, 4) is 5.75 Å². The molecule has 0 spiro atoms. The number of hydrogen-bond acceptors (Lipinski definition) is 2. The van der Waals surface area contributed by atoms with E-state index in [1.165, 1.54) is 0 Å². The first-order valence-electron chi connectivity index (χ1n) is 7.21. The van der Waals surface area contributed by atoms with Crippen LogP contribution < -0.4 is 10.1 Å². The Bertz CT molecular complexity index is 442. The highest BCUT2D eigenvalue weighted by Crippen LogP contribution is 2.26. The molecule has 2 rings (SSSR count).